The highest BCUT2D eigenvalue weighted by Gasteiger charge is 2.30. The van der Waals surface area contributed by atoms with E-state index >= 15 is 0 Å². The Balaban J connectivity index is 1.79. The van der Waals surface area contributed by atoms with Crippen molar-refractivity contribution in [1.29, 1.82) is 0 Å². The van der Waals surface area contributed by atoms with Gasteiger partial charge in [-0.1, -0.05) is 19.8 Å². The standard InChI is InChI=1S/C16H30N2O2/c1-3-15(20-14-6-4-5-7-14)16(19)18-10-8-13(9-11-18)12-17-2/h13-15,17H,3-12H2,1-2H3. The predicted octanol–water partition coefficient (Wildman–Crippen LogP) is 2.18. The molecule has 1 saturated carbocycles. The summed E-state index contributed by atoms with van der Waals surface area (Å²) in [5.41, 5.74) is 0. The van der Waals surface area contributed by atoms with E-state index in [1.54, 1.807) is 0 Å². The molecular formula is C16H30N2O2. The van der Waals surface area contributed by atoms with Crippen molar-refractivity contribution in [2.75, 3.05) is 26.7 Å². The van der Waals surface area contributed by atoms with E-state index in [0.717, 1.165) is 57.7 Å². The van der Waals surface area contributed by atoms with E-state index in [1.807, 2.05) is 11.9 Å². The quantitative estimate of drug-likeness (QED) is 0.812. The fourth-order valence-corrected chi connectivity index (χ4v) is 3.44. The number of amides is 1. The molecule has 116 valence electrons. The maximum atomic E-state index is 12.6. The van der Waals surface area contributed by atoms with Crippen molar-refractivity contribution >= 4 is 5.91 Å². The topological polar surface area (TPSA) is 41.6 Å². The molecule has 1 N–H and O–H groups in total. The summed E-state index contributed by atoms with van der Waals surface area (Å²) in [5.74, 6) is 0.946. The Hall–Kier alpha value is -0.610. The number of likely N-dealkylation sites (tertiary alicyclic amines) is 1. The zero-order valence-electron chi connectivity index (χ0n) is 13.1. The Labute approximate surface area is 123 Å². The smallest absolute Gasteiger partial charge is 0.251 e. The number of nitrogens with zero attached hydrogens (tertiary/aromatic N) is 1. The first kappa shape index (κ1) is 15.8. The minimum absolute atomic E-state index is 0.209. The lowest BCUT2D eigenvalue weighted by Gasteiger charge is -2.34. The summed E-state index contributed by atoms with van der Waals surface area (Å²) < 4.78 is 6.05. The van der Waals surface area contributed by atoms with Gasteiger partial charge in [-0.3, -0.25) is 4.79 Å². The molecular weight excluding hydrogens is 252 g/mol. The normalized spacial score (nSPS) is 23.2. The highest BCUT2D eigenvalue weighted by Crippen LogP contribution is 2.24. The van der Waals surface area contributed by atoms with Crippen LogP contribution in [0.3, 0.4) is 0 Å². The van der Waals surface area contributed by atoms with Crippen LogP contribution in [0.25, 0.3) is 0 Å². The van der Waals surface area contributed by atoms with Crippen molar-refractivity contribution < 1.29 is 9.53 Å². The van der Waals surface area contributed by atoms with Gasteiger partial charge in [-0.15, -0.1) is 0 Å². The van der Waals surface area contributed by atoms with Gasteiger partial charge in [0.2, 0.25) is 0 Å². The number of carbonyl (C=O) groups is 1. The molecule has 1 aliphatic carbocycles. The summed E-state index contributed by atoms with van der Waals surface area (Å²) in [6.45, 7) is 4.93. The first-order valence-corrected chi connectivity index (χ1v) is 8.33. The largest absolute Gasteiger partial charge is 0.365 e. The minimum atomic E-state index is -0.209. The average molecular weight is 282 g/mol. The second-order valence-electron chi connectivity index (χ2n) is 6.27. The SMILES string of the molecule is CCC(OC1CCCC1)C(=O)N1CCC(CNC)CC1. The van der Waals surface area contributed by atoms with E-state index in [2.05, 4.69) is 12.2 Å². The Kier molecular flexibility index (Phi) is 6.30. The zero-order chi connectivity index (χ0) is 14.4. The van der Waals surface area contributed by atoms with Crippen LogP contribution in [0.2, 0.25) is 0 Å². The molecule has 0 aromatic carbocycles. The molecule has 0 aromatic rings. The van der Waals surface area contributed by atoms with Crippen molar-refractivity contribution in [2.45, 2.75) is 64.1 Å². The summed E-state index contributed by atoms with van der Waals surface area (Å²) in [4.78, 5) is 14.6. The molecule has 0 spiro atoms. The molecule has 1 atom stereocenters. The lowest BCUT2D eigenvalue weighted by molar-refractivity contribution is -0.149. The molecule has 1 heterocycles. The molecule has 0 radical (unpaired) electrons. The van der Waals surface area contributed by atoms with Crippen molar-refractivity contribution in [1.82, 2.24) is 10.2 Å². The first-order valence-electron chi connectivity index (χ1n) is 8.33. The van der Waals surface area contributed by atoms with Crippen LogP contribution in [0.15, 0.2) is 0 Å². The van der Waals surface area contributed by atoms with Crippen LogP contribution < -0.4 is 5.32 Å². The molecule has 4 nitrogen and oxygen atoms in total. The zero-order valence-corrected chi connectivity index (χ0v) is 13.1. The van der Waals surface area contributed by atoms with Crippen molar-refractivity contribution in [3.05, 3.63) is 0 Å². The predicted molar refractivity (Wildman–Crippen MR) is 80.7 cm³/mol. The lowest BCUT2D eigenvalue weighted by atomic mass is 9.96. The van der Waals surface area contributed by atoms with Crippen molar-refractivity contribution in [3.63, 3.8) is 0 Å². The van der Waals surface area contributed by atoms with E-state index in [1.165, 1.54) is 12.8 Å². The summed E-state index contributed by atoms with van der Waals surface area (Å²) >= 11 is 0. The van der Waals surface area contributed by atoms with Gasteiger partial charge in [-0.25, -0.2) is 0 Å². The summed E-state index contributed by atoms with van der Waals surface area (Å²) in [6, 6.07) is 0. The van der Waals surface area contributed by atoms with E-state index in [9.17, 15) is 4.79 Å². The Morgan fingerprint density at radius 2 is 1.90 bits per heavy atom. The second-order valence-corrected chi connectivity index (χ2v) is 6.27. The highest BCUT2D eigenvalue weighted by atomic mass is 16.5. The minimum Gasteiger partial charge on any atom is -0.365 e. The first-order chi connectivity index (χ1) is 9.74. The number of carbonyl (C=O) groups excluding carboxylic acids is 1. The van der Waals surface area contributed by atoms with Gasteiger partial charge >= 0.3 is 0 Å². The molecule has 1 aliphatic heterocycles. The van der Waals surface area contributed by atoms with Gasteiger partial charge in [0.25, 0.3) is 5.91 Å². The highest BCUT2D eigenvalue weighted by molar-refractivity contribution is 5.81. The molecule has 2 rings (SSSR count). The van der Waals surface area contributed by atoms with E-state index in [-0.39, 0.29) is 12.0 Å². The third kappa shape index (κ3) is 4.19. The third-order valence-corrected chi connectivity index (χ3v) is 4.72. The van der Waals surface area contributed by atoms with Gasteiger partial charge in [0.15, 0.2) is 0 Å². The van der Waals surface area contributed by atoms with Crippen LogP contribution in [0.1, 0.15) is 51.9 Å². The molecule has 2 aliphatic rings. The maximum absolute atomic E-state index is 12.6. The van der Waals surface area contributed by atoms with E-state index in [4.69, 9.17) is 4.74 Å². The molecule has 1 amide bonds. The van der Waals surface area contributed by atoms with Gasteiger partial charge in [-0.05, 0) is 51.6 Å². The van der Waals surface area contributed by atoms with Crippen molar-refractivity contribution in [3.8, 4) is 0 Å². The molecule has 2 fully saturated rings. The summed E-state index contributed by atoms with van der Waals surface area (Å²) in [7, 11) is 2.00. The van der Waals surface area contributed by atoms with Crippen LogP contribution in [0.5, 0.6) is 0 Å². The fraction of sp³-hybridized carbons (Fsp3) is 0.938. The molecule has 4 heteroatoms. The van der Waals surface area contributed by atoms with E-state index in [0.29, 0.717) is 6.10 Å². The fourth-order valence-electron chi connectivity index (χ4n) is 3.44. The molecule has 20 heavy (non-hydrogen) atoms. The number of piperidine rings is 1. The molecule has 1 unspecified atom stereocenters. The summed E-state index contributed by atoms with van der Waals surface area (Å²) in [6.07, 6.45) is 7.92. The summed E-state index contributed by atoms with van der Waals surface area (Å²) in [5, 5.41) is 3.24. The average Bonchev–Trinajstić information content (AvgIpc) is 2.98. The number of hydrogen-bond donors (Lipinski definition) is 1. The molecule has 0 bridgehead atoms. The lowest BCUT2D eigenvalue weighted by Crippen LogP contribution is -2.46. The number of nitrogens with one attached hydrogen (secondary N) is 1. The Morgan fingerprint density at radius 3 is 2.45 bits per heavy atom. The third-order valence-electron chi connectivity index (χ3n) is 4.72. The van der Waals surface area contributed by atoms with E-state index < -0.39 is 0 Å². The van der Waals surface area contributed by atoms with Gasteiger partial charge in [0, 0.05) is 13.1 Å². The number of ether oxygens (including phenoxy) is 1. The van der Waals surface area contributed by atoms with Crippen LogP contribution in [-0.4, -0.2) is 49.7 Å². The second kappa shape index (κ2) is 7.99. The molecule has 1 saturated heterocycles. The monoisotopic (exact) mass is 282 g/mol. The van der Waals surface area contributed by atoms with Crippen LogP contribution in [0.4, 0.5) is 0 Å². The Bertz CT molecular complexity index is 295. The van der Waals surface area contributed by atoms with Gasteiger partial charge in [0.1, 0.15) is 6.10 Å². The van der Waals surface area contributed by atoms with Crippen LogP contribution >= 0.6 is 0 Å². The number of hydrogen-bond acceptors (Lipinski definition) is 3. The molecule has 0 aromatic heterocycles. The van der Waals surface area contributed by atoms with Crippen LogP contribution in [0, 0.1) is 5.92 Å². The van der Waals surface area contributed by atoms with Crippen LogP contribution in [-0.2, 0) is 9.53 Å². The van der Waals surface area contributed by atoms with Gasteiger partial charge < -0.3 is 15.0 Å². The van der Waals surface area contributed by atoms with Crippen molar-refractivity contribution in [2.24, 2.45) is 5.92 Å². The number of rotatable bonds is 6. The maximum Gasteiger partial charge on any atom is 0.251 e. The Morgan fingerprint density at radius 1 is 1.25 bits per heavy atom. The van der Waals surface area contributed by atoms with Gasteiger partial charge in [-0.2, -0.15) is 0 Å². The van der Waals surface area contributed by atoms with Gasteiger partial charge in [0.05, 0.1) is 6.10 Å².